The van der Waals surface area contributed by atoms with Crippen molar-refractivity contribution in [3.8, 4) is 0 Å². The number of rotatable bonds is 4. The number of piperazine rings is 1. The van der Waals surface area contributed by atoms with E-state index < -0.39 is 0 Å². The first-order valence-corrected chi connectivity index (χ1v) is 8.76. The molecule has 0 aromatic carbocycles. The Morgan fingerprint density at radius 1 is 0.950 bits per heavy atom. The van der Waals surface area contributed by atoms with E-state index in [1.807, 2.05) is 0 Å². The van der Waals surface area contributed by atoms with Crippen molar-refractivity contribution in [2.24, 2.45) is 5.92 Å². The molecule has 0 saturated carbocycles. The molecule has 0 amide bonds. The molecule has 1 N–H and O–H groups in total. The first kappa shape index (κ1) is 14.8. The van der Waals surface area contributed by atoms with E-state index in [1.54, 1.807) is 0 Å². The molecular weight excluding hydrogens is 248 g/mol. The molecule has 0 spiro atoms. The smallest absolute Gasteiger partial charge is 0.0262 e. The van der Waals surface area contributed by atoms with Gasteiger partial charge in [-0.05, 0) is 51.4 Å². The Balaban J connectivity index is 1.54. The van der Waals surface area contributed by atoms with Crippen LogP contribution < -0.4 is 5.32 Å². The summed E-state index contributed by atoms with van der Waals surface area (Å²) in [5.41, 5.74) is 0. The summed E-state index contributed by atoms with van der Waals surface area (Å²) in [6.07, 6.45) is 4.21. The van der Waals surface area contributed by atoms with Gasteiger partial charge in [-0.3, -0.25) is 4.90 Å². The maximum Gasteiger partial charge on any atom is 0.0262 e. The van der Waals surface area contributed by atoms with Crippen molar-refractivity contribution in [1.29, 1.82) is 0 Å². The van der Waals surface area contributed by atoms with Crippen LogP contribution in [0.2, 0.25) is 0 Å². The highest BCUT2D eigenvalue weighted by atomic mass is 15.3. The van der Waals surface area contributed by atoms with Gasteiger partial charge in [0.2, 0.25) is 0 Å². The highest BCUT2D eigenvalue weighted by Crippen LogP contribution is 2.22. The second-order valence-electron chi connectivity index (χ2n) is 6.80. The molecule has 4 nitrogen and oxygen atoms in total. The zero-order valence-corrected chi connectivity index (χ0v) is 13.2. The van der Waals surface area contributed by atoms with E-state index in [-0.39, 0.29) is 0 Å². The maximum absolute atomic E-state index is 3.64. The van der Waals surface area contributed by atoms with Crippen molar-refractivity contribution in [3.63, 3.8) is 0 Å². The minimum absolute atomic E-state index is 0.781. The molecule has 3 saturated heterocycles. The fourth-order valence-electron chi connectivity index (χ4n) is 4.24. The van der Waals surface area contributed by atoms with Crippen molar-refractivity contribution in [2.75, 3.05) is 65.4 Å². The number of hydrogen-bond acceptors (Lipinski definition) is 4. The lowest BCUT2D eigenvalue weighted by atomic mass is 9.90. The van der Waals surface area contributed by atoms with Gasteiger partial charge in [-0.15, -0.1) is 0 Å². The molecule has 0 bridgehead atoms. The Morgan fingerprint density at radius 2 is 1.70 bits per heavy atom. The number of piperidine rings is 1. The average molecular weight is 280 g/mol. The number of nitrogens with one attached hydrogen (secondary N) is 1. The fraction of sp³-hybridized carbons (Fsp3) is 1.00. The van der Waals surface area contributed by atoms with Crippen LogP contribution in [0.4, 0.5) is 0 Å². The molecule has 0 radical (unpaired) electrons. The predicted octanol–water partition coefficient (Wildman–Crippen LogP) is 0.698. The van der Waals surface area contributed by atoms with Crippen LogP contribution in [0, 0.1) is 5.92 Å². The van der Waals surface area contributed by atoms with Gasteiger partial charge in [0.25, 0.3) is 0 Å². The van der Waals surface area contributed by atoms with E-state index >= 15 is 0 Å². The summed E-state index contributed by atoms with van der Waals surface area (Å²) in [5, 5.41) is 3.64. The lowest BCUT2D eigenvalue weighted by Gasteiger charge is -2.45. The summed E-state index contributed by atoms with van der Waals surface area (Å²) < 4.78 is 0. The number of likely N-dealkylation sites (N-methyl/N-ethyl adjacent to an activating group) is 1. The van der Waals surface area contributed by atoms with Crippen LogP contribution in [-0.4, -0.2) is 86.2 Å². The molecule has 0 aliphatic carbocycles. The normalized spacial score (nSPS) is 34.6. The van der Waals surface area contributed by atoms with Gasteiger partial charge in [0.1, 0.15) is 0 Å². The van der Waals surface area contributed by atoms with Crippen molar-refractivity contribution >= 4 is 0 Å². The molecule has 20 heavy (non-hydrogen) atoms. The number of likely N-dealkylation sites (tertiary alicyclic amines) is 1. The molecule has 2 unspecified atom stereocenters. The van der Waals surface area contributed by atoms with Gasteiger partial charge >= 0.3 is 0 Å². The van der Waals surface area contributed by atoms with E-state index in [0.29, 0.717) is 0 Å². The summed E-state index contributed by atoms with van der Waals surface area (Å²) in [6, 6.07) is 0.781. The molecule has 3 aliphatic rings. The molecule has 3 rings (SSSR count). The van der Waals surface area contributed by atoms with E-state index in [4.69, 9.17) is 0 Å². The van der Waals surface area contributed by atoms with Crippen LogP contribution in [0.1, 0.15) is 26.2 Å². The molecule has 4 heteroatoms. The van der Waals surface area contributed by atoms with Crippen molar-refractivity contribution in [1.82, 2.24) is 20.0 Å². The lowest BCUT2D eigenvalue weighted by molar-refractivity contribution is 0.0476. The Morgan fingerprint density at radius 3 is 2.40 bits per heavy atom. The zero-order chi connectivity index (χ0) is 13.8. The molecule has 3 heterocycles. The van der Waals surface area contributed by atoms with Gasteiger partial charge in [0.05, 0.1) is 0 Å². The Bertz CT molecular complexity index is 282. The Labute approximate surface area is 124 Å². The highest BCUT2D eigenvalue weighted by Gasteiger charge is 2.33. The summed E-state index contributed by atoms with van der Waals surface area (Å²) in [4.78, 5) is 8.08. The second kappa shape index (κ2) is 7.21. The minimum atomic E-state index is 0.781. The third kappa shape index (κ3) is 3.53. The van der Waals surface area contributed by atoms with Crippen LogP contribution >= 0.6 is 0 Å². The van der Waals surface area contributed by atoms with E-state index in [9.17, 15) is 0 Å². The first-order valence-electron chi connectivity index (χ1n) is 8.76. The second-order valence-corrected chi connectivity index (χ2v) is 6.80. The third-order valence-electron chi connectivity index (χ3n) is 5.60. The minimum Gasteiger partial charge on any atom is -0.315 e. The van der Waals surface area contributed by atoms with Crippen molar-refractivity contribution < 1.29 is 0 Å². The fourth-order valence-corrected chi connectivity index (χ4v) is 4.24. The summed E-state index contributed by atoms with van der Waals surface area (Å²) in [6.45, 7) is 15.1. The van der Waals surface area contributed by atoms with Crippen LogP contribution in [0.25, 0.3) is 0 Å². The SMILES string of the molecule is CCN1CCN(C2CNCCC2CN2CCCC2)CC1. The van der Waals surface area contributed by atoms with Gasteiger partial charge in [-0.25, -0.2) is 0 Å². The number of hydrogen-bond donors (Lipinski definition) is 1. The summed E-state index contributed by atoms with van der Waals surface area (Å²) in [5.74, 6) is 0.891. The zero-order valence-electron chi connectivity index (χ0n) is 13.2. The van der Waals surface area contributed by atoms with E-state index in [0.717, 1.165) is 12.0 Å². The summed E-state index contributed by atoms with van der Waals surface area (Å²) in [7, 11) is 0. The third-order valence-corrected chi connectivity index (χ3v) is 5.60. The van der Waals surface area contributed by atoms with Gasteiger partial charge in [0, 0.05) is 45.3 Å². The molecule has 0 aromatic heterocycles. The Hall–Kier alpha value is -0.160. The predicted molar refractivity (Wildman–Crippen MR) is 84.1 cm³/mol. The number of nitrogens with zero attached hydrogens (tertiary/aromatic N) is 3. The largest absolute Gasteiger partial charge is 0.315 e. The topological polar surface area (TPSA) is 21.8 Å². The molecule has 3 aliphatic heterocycles. The van der Waals surface area contributed by atoms with E-state index in [2.05, 4.69) is 26.9 Å². The van der Waals surface area contributed by atoms with Crippen molar-refractivity contribution in [2.45, 2.75) is 32.2 Å². The van der Waals surface area contributed by atoms with Crippen LogP contribution in [-0.2, 0) is 0 Å². The van der Waals surface area contributed by atoms with Gasteiger partial charge in [-0.2, -0.15) is 0 Å². The first-order chi connectivity index (χ1) is 9.86. The molecule has 3 fully saturated rings. The average Bonchev–Trinajstić information content (AvgIpc) is 3.01. The molecule has 0 aromatic rings. The maximum atomic E-state index is 3.64. The van der Waals surface area contributed by atoms with Gasteiger partial charge in [-0.1, -0.05) is 6.92 Å². The van der Waals surface area contributed by atoms with Crippen LogP contribution in [0.3, 0.4) is 0 Å². The summed E-state index contributed by atoms with van der Waals surface area (Å²) >= 11 is 0. The van der Waals surface area contributed by atoms with E-state index in [1.165, 1.54) is 84.7 Å². The van der Waals surface area contributed by atoms with Crippen LogP contribution in [0.15, 0.2) is 0 Å². The molecule has 2 atom stereocenters. The molecule has 116 valence electrons. The molecular formula is C16H32N4. The van der Waals surface area contributed by atoms with Crippen molar-refractivity contribution in [3.05, 3.63) is 0 Å². The lowest BCUT2D eigenvalue weighted by Crippen LogP contribution is -2.58. The van der Waals surface area contributed by atoms with Crippen LogP contribution in [0.5, 0.6) is 0 Å². The standard InChI is InChI=1S/C16H32N4/c1-2-18-9-11-20(12-10-18)16-13-17-6-5-15(16)14-19-7-3-4-8-19/h15-17H,2-14H2,1H3. The Kier molecular flexibility index (Phi) is 5.32. The van der Waals surface area contributed by atoms with Gasteiger partial charge < -0.3 is 15.1 Å². The van der Waals surface area contributed by atoms with Gasteiger partial charge in [0.15, 0.2) is 0 Å². The quantitative estimate of drug-likeness (QED) is 0.818. The highest BCUT2D eigenvalue weighted by molar-refractivity contribution is 4.90. The monoisotopic (exact) mass is 280 g/mol.